The normalized spacial score (nSPS) is 11.8. The van der Waals surface area contributed by atoms with Crippen LogP contribution in [0.4, 0.5) is 15.0 Å². The standard InChI is InChI=1S/C19H18FN3O2/c1-13-12-17(22-25-13)21-19(24)23(2)18(14-6-4-3-5-7-14)15-8-10-16(20)11-9-15/h3-12,18H,1-2H3,(H,21,22,24)/t18-/m1/s1. The van der Waals surface area contributed by atoms with E-state index in [1.165, 1.54) is 12.1 Å². The second kappa shape index (κ2) is 7.17. The lowest BCUT2D eigenvalue weighted by molar-refractivity contribution is 0.212. The Labute approximate surface area is 145 Å². The van der Waals surface area contributed by atoms with Crippen molar-refractivity contribution in [2.75, 3.05) is 12.4 Å². The number of aromatic nitrogens is 1. The van der Waals surface area contributed by atoms with Crippen molar-refractivity contribution >= 4 is 11.8 Å². The number of nitrogens with one attached hydrogen (secondary N) is 1. The summed E-state index contributed by atoms with van der Waals surface area (Å²) >= 11 is 0. The molecule has 3 rings (SSSR count). The molecule has 25 heavy (non-hydrogen) atoms. The van der Waals surface area contributed by atoms with Gasteiger partial charge in [0.2, 0.25) is 0 Å². The molecule has 0 bridgehead atoms. The first kappa shape index (κ1) is 16.7. The lowest BCUT2D eigenvalue weighted by Gasteiger charge is -2.29. The van der Waals surface area contributed by atoms with Crippen LogP contribution in [0.25, 0.3) is 0 Å². The van der Waals surface area contributed by atoms with E-state index < -0.39 is 0 Å². The lowest BCUT2D eigenvalue weighted by atomic mass is 9.97. The van der Waals surface area contributed by atoms with E-state index >= 15 is 0 Å². The number of hydrogen-bond acceptors (Lipinski definition) is 3. The number of anilines is 1. The third kappa shape index (κ3) is 3.85. The number of aryl methyl sites for hydroxylation is 1. The molecule has 0 saturated heterocycles. The van der Waals surface area contributed by atoms with Gasteiger partial charge in [0.1, 0.15) is 11.6 Å². The molecular formula is C19H18FN3O2. The fourth-order valence-electron chi connectivity index (χ4n) is 2.66. The number of benzene rings is 2. The van der Waals surface area contributed by atoms with Gasteiger partial charge in [0, 0.05) is 13.1 Å². The highest BCUT2D eigenvalue weighted by Crippen LogP contribution is 2.28. The molecule has 1 N–H and O–H groups in total. The predicted molar refractivity (Wildman–Crippen MR) is 92.7 cm³/mol. The topological polar surface area (TPSA) is 58.4 Å². The Morgan fingerprint density at radius 1 is 1.12 bits per heavy atom. The molecule has 0 aliphatic rings. The quantitative estimate of drug-likeness (QED) is 0.767. The average molecular weight is 339 g/mol. The lowest BCUT2D eigenvalue weighted by Crippen LogP contribution is -2.35. The Kier molecular flexibility index (Phi) is 4.79. The summed E-state index contributed by atoms with van der Waals surface area (Å²) in [5.74, 6) is 0.636. The van der Waals surface area contributed by atoms with Crippen molar-refractivity contribution in [1.82, 2.24) is 10.1 Å². The summed E-state index contributed by atoms with van der Waals surface area (Å²) in [6, 6.07) is 16.6. The van der Waals surface area contributed by atoms with Crippen molar-refractivity contribution in [2.24, 2.45) is 0 Å². The molecule has 0 radical (unpaired) electrons. The third-order valence-corrected chi connectivity index (χ3v) is 3.87. The molecular weight excluding hydrogens is 321 g/mol. The van der Waals surface area contributed by atoms with E-state index in [9.17, 15) is 9.18 Å². The highest BCUT2D eigenvalue weighted by atomic mass is 19.1. The molecule has 0 aliphatic heterocycles. The summed E-state index contributed by atoms with van der Waals surface area (Å²) in [6.07, 6.45) is 0. The zero-order valence-electron chi connectivity index (χ0n) is 13.9. The summed E-state index contributed by atoms with van der Waals surface area (Å²) in [5, 5.41) is 6.47. The SMILES string of the molecule is Cc1cc(NC(=O)N(C)[C@H](c2ccccc2)c2ccc(F)cc2)no1. The minimum Gasteiger partial charge on any atom is -0.360 e. The Balaban J connectivity index is 1.90. The Hall–Kier alpha value is -3.15. The predicted octanol–water partition coefficient (Wildman–Crippen LogP) is 4.38. The smallest absolute Gasteiger partial charge is 0.323 e. The van der Waals surface area contributed by atoms with Crippen molar-refractivity contribution < 1.29 is 13.7 Å². The van der Waals surface area contributed by atoms with E-state index in [0.29, 0.717) is 11.6 Å². The van der Waals surface area contributed by atoms with Gasteiger partial charge >= 0.3 is 6.03 Å². The third-order valence-electron chi connectivity index (χ3n) is 3.87. The molecule has 0 saturated carbocycles. The Morgan fingerprint density at radius 3 is 2.36 bits per heavy atom. The van der Waals surface area contributed by atoms with Gasteiger partial charge in [0.05, 0.1) is 6.04 Å². The van der Waals surface area contributed by atoms with Gasteiger partial charge in [0.25, 0.3) is 0 Å². The number of urea groups is 1. The first-order chi connectivity index (χ1) is 12.0. The van der Waals surface area contributed by atoms with Gasteiger partial charge in [-0.15, -0.1) is 0 Å². The van der Waals surface area contributed by atoms with Crippen LogP contribution in [-0.2, 0) is 0 Å². The zero-order valence-corrected chi connectivity index (χ0v) is 13.9. The van der Waals surface area contributed by atoms with Gasteiger partial charge in [-0.05, 0) is 30.2 Å². The number of halogens is 1. The minimum absolute atomic E-state index is 0.319. The van der Waals surface area contributed by atoms with Gasteiger partial charge in [-0.3, -0.25) is 5.32 Å². The van der Waals surface area contributed by atoms with Crippen molar-refractivity contribution in [3.63, 3.8) is 0 Å². The van der Waals surface area contributed by atoms with E-state index in [1.54, 1.807) is 37.1 Å². The zero-order chi connectivity index (χ0) is 17.8. The molecule has 128 valence electrons. The van der Waals surface area contributed by atoms with Gasteiger partial charge in [-0.25, -0.2) is 9.18 Å². The number of amides is 2. The summed E-state index contributed by atoms with van der Waals surface area (Å²) < 4.78 is 18.3. The van der Waals surface area contributed by atoms with Crippen LogP contribution in [0.3, 0.4) is 0 Å². The largest absolute Gasteiger partial charge is 0.360 e. The summed E-state index contributed by atoms with van der Waals surface area (Å²) in [7, 11) is 1.68. The highest BCUT2D eigenvalue weighted by molar-refractivity contribution is 5.88. The van der Waals surface area contributed by atoms with Crippen LogP contribution < -0.4 is 5.32 Å². The van der Waals surface area contributed by atoms with Crippen molar-refractivity contribution in [1.29, 1.82) is 0 Å². The Bertz CT molecular complexity index is 847. The van der Waals surface area contributed by atoms with E-state index in [0.717, 1.165) is 11.1 Å². The van der Waals surface area contributed by atoms with Crippen molar-refractivity contribution in [3.8, 4) is 0 Å². The highest BCUT2D eigenvalue weighted by Gasteiger charge is 2.24. The van der Waals surface area contributed by atoms with Gasteiger partial charge < -0.3 is 9.42 Å². The van der Waals surface area contributed by atoms with E-state index in [4.69, 9.17) is 4.52 Å². The monoisotopic (exact) mass is 339 g/mol. The summed E-state index contributed by atoms with van der Waals surface area (Å²) in [4.78, 5) is 14.2. The summed E-state index contributed by atoms with van der Waals surface area (Å²) in [5.41, 5.74) is 1.73. The molecule has 0 fully saturated rings. The van der Waals surface area contributed by atoms with Crippen LogP contribution in [0.2, 0.25) is 0 Å². The van der Waals surface area contributed by atoms with Crippen LogP contribution in [0, 0.1) is 12.7 Å². The fraction of sp³-hybridized carbons (Fsp3) is 0.158. The van der Waals surface area contributed by atoms with Crippen LogP contribution in [-0.4, -0.2) is 23.1 Å². The van der Waals surface area contributed by atoms with Crippen molar-refractivity contribution in [3.05, 3.63) is 83.4 Å². The summed E-state index contributed by atoms with van der Waals surface area (Å²) in [6.45, 7) is 1.75. The van der Waals surface area contributed by atoms with E-state index in [1.807, 2.05) is 30.3 Å². The number of hydrogen-bond donors (Lipinski definition) is 1. The maximum atomic E-state index is 13.3. The fourth-order valence-corrected chi connectivity index (χ4v) is 2.66. The minimum atomic E-state index is -0.366. The second-order valence-corrected chi connectivity index (χ2v) is 5.73. The molecule has 0 unspecified atom stereocenters. The number of rotatable bonds is 4. The van der Waals surface area contributed by atoms with E-state index in [-0.39, 0.29) is 17.9 Å². The van der Waals surface area contributed by atoms with Gasteiger partial charge in [-0.2, -0.15) is 0 Å². The number of nitrogens with zero attached hydrogens (tertiary/aromatic N) is 2. The van der Waals surface area contributed by atoms with Crippen LogP contribution in [0.1, 0.15) is 22.9 Å². The molecule has 0 spiro atoms. The molecule has 2 amide bonds. The van der Waals surface area contributed by atoms with Crippen molar-refractivity contribution in [2.45, 2.75) is 13.0 Å². The van der Waals surface area contributed by atoms with E-state index in [2.05, 4.69) is 10.5 Å². The molecule has 0 aliphatic carbocycles. The van der Waals surface area contributed by atoms with Crippen LogP contribution >= 0.6 is 0 Å². The average Bonchev–Trinajstić information content (AvgIpc) is 3.02. The molecule has 5 nitrogen and oxygen atoms in total. The number of carbonyl (C=O) groups excluding carboxylic acids is 1. The first-order valence-corrected chi connectivity index (χ1v) is 7.82. The molecule has 3 aromatic rings. The molecule has 6 heteroatoms. The second-order valence-electron chi connectivity index (χ2n) is 5.73. The maximum absolute atomic E-state index is 13.3. The molecule has 1 atom stereocenters. The maximum Gasteiger partial charge on any atom is 0.323 e. The van der Waals surface area contributed by atoms with Crippen LogP contribution in [0.15, 0.2) is 65.2 Å². The molecule has 1 aromatic heterocycles. The van der Waals surface area contributed by atoms with Crippen LogP contribution in [0.5, 0.6) is 0 Å². The molecule has 2 aromatic carbocycles. The Morgan fingerprint density at radius 2 is 1.76 bits per heavy atom. The van der Waals surface area contributed by atoms with Gasteiger partial charge in [0.15, 0.2) is 5.82 Å². The van der Waals surface area contributed by atoms with Gasteiger partial charge in [-0.1, -0.05) is 47.6 Å². The number of carbonyl (C=O) groups is 1. The first-order valence-electron chi connectivity index (χ1n) is 7.82. The molecule has 1 heterocycles.